The number of primary amides is 1. The summed E-state index contributed by atoms with van der Waals surface area (Å²) in [7, 11) is 0. The van der Waals surface area contributed by atoms with Crippen molar-refractivity contribution in [3.05, 3.63) is 52.5 Å². The van der Waals surface area contributed by atoms with Gasteiger partial charge in [0.15, 0.2) is 6.61 Å². The molecule has 25 heavy (non-hydrogen) atoms. The molecular formula is C16H13N3O4S2. The van der Waals surface area contributed by atoms with Crippen LogP contribution in [0.3, 0.4) is 0 Å². The SMILES string of the molecule is NC(=O)CSc1ccccc1C(=O)OCc1noc(-c2ccsc2)n1. The van der Waals surface area contributed by atoms with E-state index >= 15 is 0 Å². The van der Waals surface area contributed by atoms with E-state index < -0.39 is 11.9 Å². The van der Waals surface area contributed by atoms with Gasteiger partial charge in [-0.05, 0) is 23.6 Å². The summed E-state index contributed by atoms with van der Waals surface area (Å²) in [4.78, 5) is 28.0. The number of carbonyl (C=O) groups excluding carboxylic acids is 2. The number of carbonyl (C=O) groups is 2. The van der Waals surface area contributed by atoms with Gasteiger partial charge in [-0.3, -0.25) is 4.79 Å². The molecule has 2 heterocycles. The van der Waals surface area contributed by atoms with Crippen LogP contribution in [0, 0.1) is 0 Å². The summed E-state index contributed by atoms with van der Waals surface area (Å²) in [5, 5.41) is 7.58. The maximum atomic E-state index is 12.3. The van der Waals surface area contributed by atoms with Crippen LogP contribution < -0.4 is 5.73 Å². The smallest absolute Gasteiger partial charge is 0.339 e. The van der Waals surface area contributed by atoms with Crippen molar-refractivity contribution in [2.24, 2.45) is 5.73 Å². The lowest BCUT2D eigenvalue weighted by Gasteiger charge is -2.07. The molecule has 3 rings (SSSR count). The van der Waals surface area contributed by atoms with Crippen LogP contribution in [0.1, 0.15) is 16.2 Å². The van der Waals surface area contributed by atoms with Crippen LogP contribution in [0.2, 0.25) is 0 Å². The van der Waals surface area contributed by atoms with E-state index in [1.165, 1.54) is 23.1 Å². The van der Waals surface area contributed by atoms with Gasteiger partial charge < -0.3 is 15.0 Å². The zero-order chi connectivity index (χ0) is 17.6. The first-order chi connectivity index (χ1) is 12.1. The number of ether oxygens (including phenoxy) is 1. The lowest BCUT2D eigenvalue weighted by atomic mass is 10.2. The van der Waals surface area contributed by atoms with Crippen LogP contribution in [0.4, 0.5) is 0 Å². The largest absolute Gasteiger partial charge is 0.454 e. The van der Waals surface area contributed by atoms with Crippen LogP contribution in [-0.2, 0) is 16.1 Å². The molecule has 3 aromatic rings. The minimum Gasteiger partial charge on any atom is -0.454 e. The molecule has 1 amide bonds. The molecule has 1 aromatic carbocycles. The average molecular weight is 375 g/mol. The van der Waals surface area contributed by atoms with Crippen LogP contribution in [0.15, 0.2) is 50.5 Å². The third-order valence-corrected chi connectivity index (χ3v) is 4.82. The first kappa shape index (κ1) is 17.2. The fraction of sp³-hybridized carbons (Fsp3) is 0.125. The highest BCUT2D eigenvalue weighted by Gasteiger charge is 2.16. The number of nitrogens with zero attached hydrogens (tertiary/aromatic N) is 2. The van der Waals surface area contributed by atoms with Crippen LogP contribution in [0.25, 0.3) is 11.5 Å². The Morgan fingerprint density at radius 3 is 2.88 bits per heavy atom. The number of hydrogen-bond donors (Lipinski definition) is 1. The van der Waals surface area contributed by atoms with Gasteiger partial charge in [0.1, 0.15) is 0 Å². The zero-order valence-electron chi connectivity index (χ0n) is 12.9. The van der Waals surface area contributed by atoms with Crippen molar-refractivity contribution in [2.75, 3.05) is 5.75 Å². The maximum absolute atomic E-state index is 12.3. The third kappa shape index (κ3) is 4.46. The van der Waals surface area contributed by atoms with Gasteiger partial charge in [0.05, 0.1) is 16.9 Å². The number of aromatic nitrogens is 2. The summed E-state index contributed by atoms with van der Waals surface area (Å²) in [6, 6.07) is 8.70. The summed E-state index contributed by atoms with van der Waals surface area (Å²) >= 11 is 2.70. The highest BCUT2D eigenvalue weighted by atomic mass is 32.2. The number of thioether (sulfide) groups is 1. The van der Waals surface area contributed by atoms with Gasteiger partial charge in [-0.15, -0.1) is 11.8 Å². The van der Waals surface area contributed by atoms with Crippen molar-refractivity contribution >= 4 is 35.0 Å². The van der Waals surface area contributed by atoms with Gasteiger partial charge in [-0.2, -0.15) is 16.3 Å². The minimum absolute atomic E-state index is 0.0825. The molecule has 7 nitrogen and oxygen atoms in total. The second kappa shape index (κ2) is 7.95. The number of rotatable bonds is 7. The van der Waals surface area contributed by atoms with Crippen molar-refractivity contribution in [1.82, 2.24) is 10.1 Å². The summed E-state index contributed by atoms with van der Waals surface area (Å²) in [5.74, 6) is -0.254. The van der Waals surface area contributed by atoms with Gasteiger partial charge in [0.2, 0.25) is 11.7 Å². The fourth-order valence-electron chi connectivity index (χ4n) is 1.93. The van der Waals surface area contributed by atoms with E-state index in [1.807, 2.05) is 16.8 Å². The molecule has 0 aliphatic rings. The number of esters is 1. The summed E-state index contributed by atoms with van der Waals surface area (Å²) in [6.07, 6.45) is 0. The summed E-state index contributed by atoms with van der Waals surface area (Å²) in [6.45, 7) is -0.110. The number of nitrogens with two attached hydrogens (primary N) is 1. The second-order valence-corrected chi connectivity index (χ2v) is 6.65. The quantitative estimate of drug-likeness (QED) is 0.499. The highest BCUT2D eigenvalue weighted by molar-refractivity contribution is 8.00. The van der Waals surface area contributed by atoms with Gasteiger partial charge in [0, 0.05) is 10.3 Å². The van der Waals surface area contributed by atoms with Gasteiger partial charge in [-0.25, -0.2) is 4.79 Å². The minimum atomic E-state index is -0.533. The number of amides is 1. The first-order valence-corrected chi connectivity index (χ1v) is 9.08. The van der Waals surface area contributed by atoms with Gasteiger partial charge >= 0.3 is 5.97 Å². The predicted octanol–water partition coefficient (Wildman–Crippen LogP) is 2.73. The Hall–Kier alpha value is -2.65. The molecule has 9 heteroatoms. The molecule has 0 bridgehead atoms. The van der Waals surface area contributed by atoms with Crippen LogP contribution in [0.5, 0.6) is 0 Å². The van der Waals surface area contributed by atoms with E-state index in [1.54, 1.807) is 24.3 Å². The molecule has 2 aromatic heterocycles. The van der Waals surface area contributed by atoms with E-state index in [2.05, 4.69) is 10.1 Å². The molecule has 128 valence electrons. The summed E-state index contributed by atoms with van der Waals surface area (Å²) < 4.78 is 10.4. The van der Waals surface area contributed by atoms with Crippen molar-refractivity contribution < 1.29 is 18.8 Å². The Morgan fingerprint density at radius 2 is 2.12 bits per heavy atom. The highest BCUT2D eigenvalue weighted by Crippen LogP contribution is 2.24. The topological polar surface area (TPSA) is 108 Å². The normalized spacial score (nSPS) is 10.6. The lowest BCUT2D eigenvalue weighted by molar-refractivity contribution is -0.115. The molecule has 2 N–H and O–H groups in total. The standard InChI is InChI=1S/C16H13N3O4S2/c17-13(20)9-25-12-4-2-1-3-11(12)16(21)22-7-14-18-15(23-19-14)10-5-6-24-8-10/h1-6,8H,7,9H2,(H2,17,20). The number of benzene rings is 1. The molecule has 0 spiro atoms. The molecule has 0 saturated carbocycles. The Kier molecular flexibility index (Phi) is 5.46. The number of thiophene rings is 1. The molecule has 0 fully saturated rings. The third-order valence-electron chi connectivity index (χ3n) is 3.05. The Labute approximate surface area is 151 Å². The molecular weight excluding hydrogens is 362 g/mol. The van der Waals surface area contributed by atoms with Crippen molar-refractivity contribution in [2.45, 2.75) is 11.5 Å². The monoisotopic (exact) mass is 375 g/mol. The zero-order valence-corrected chi connectivity index (χ0v) is 14.5. The maximum Gasteiger partial charge on any atom is 0.339 e. The van der Waals surface area contributed by atoms with Crippen molar-refractivity contribution in [3.63, 3.8) is 0 Å². The van der Waals surface area contributed by atoms with E-state index in [0.717, 1.165) is 5.56 Å². The van der Waals surface area contributed by atoms with Crippen molar-refractivity contribution in [3.8, 4) is 11.5 Å². The van der Waals surface area contributed by atoms with E-state index in [9.17, 15) is 9.59 Å². The molecule has 0 radical (unpaired) electrons. The van der Waals surface area contributed by atoms with Crippen LogP contribution in [-0.4, -0.2) is 27.8 Å². The first-order valence-electron chi connectivity index (χ1n) is 7.16. The Balaban J connectivity index is 1.64. The summed E-state index contributed by atoms with van der Waals surface area (Å²) in [5.41, 5.74) is 6.32. The molecule has 0 unspecified atom stereocenters. The fourth-order valence-corrected chi connectivity index (χ4v) is 3.34. The van der Waals surface area contributed by atoms with Crippen molar-refractivity contribution in [1.29, 1.82) is 0 Å². The van der Waals surface area contributed by atoms with Crippen LogP contribution >= 0.6 is 23.1 Å². The second-order valence-electron chi connectivity index (χ2n) is 4.86. The molecule has 0 aliphatic heterocycles. The lowest BCUT2D eigenvalue weighted by Crippen LogP contribution is -2.14. The molecule has 0 atom stereocenters. The van der Waals surface area contributed by atoms with Gasteiger partial charge in [-0.1, -0.05) is 17.3 Å². The predicted molar refractivity (Wildman–Crippen MR) is 93.1 cm³/mol. The van der Waals surface area contributed by atoms with E-state index in [-0.39, 0.29) is 18.2 Å². The average Bonchev–Trinajstić information content (AvgIpc) is 3.29. The van der Waals surface area contributed by atoms with E-state index in [0.29, 0.717) is 16.3 Å². The number of hydrogen-bond acceptors (Lipinski definition) is 8. The van der Waals surface area contributed by atoms with E-state index in [4.69, 9.17) is 15.0 Å². The van der Waals surface area contributed by atoms with Gasteiger partial charge in [0.25, 0.3) is 5.89 Å². The Bertz CT molecular complexity index is 877. The molecule has 0 saturated heterocycles. The Morgan fingerprint density at radius 1 is 1.28 bits per heavy atom. The molecule has 0 aliphatic carbocycles.